The summed E-state index contributed by atoms with van der Waals surface area (Å²) in [5.41, 5.74) is 0.852. The van der Waals surface area contributed by atoms with Crippen LogP contribution >= 0.6 is 0 Å². The van der Waals surface area contributed by atoms with E-state index in [1.807, 2.05) is 11.9 Å². The lowest BCUT2D eigenvalue weighted by molar-refractivity contribution is 0.290. The van der Waals surface area contributed by atoms with Gasteiger partial charge in [0.15, 0.2) is 0 Å². The minimum atomic E-state index is -0.277. The summed E-state index contributed by atoms with van der Waals surface area (Å²) >= 11 is 0. The summed E-state index contributed by atoms with van der Waals surface area (Å²) in [5.74, 6) is 0.685. The van der Waals surface area contributed by atoms with Crippen molar-refractivity contribution in [2.24, 2.45) is 0 Å². The van der Waals surface area contributed by atoms with Crippen molar-refractivity contribution >= 4 is 0 Å². The molecular weight excluding hydrogens is 285 g/mol. The zero-order chi connectivity index (χ0) is 15.5. The molecule has 1 aromatic carbocycles. The normalized spacial score (nSPS) is 17.5. The van der Waals surface area contributed by atoms with E-state index in [9.17, 15) is 9.50 Å². The molecule has 114 valence electrons. The van der Waals surface area contributed by atoms with Gasteiger partial charge in [0.05, 0.1) is 5.92 Å². The number of likely N-dealkylation sites (N-methyl/N-ethyl adjacent to an activating group) is 1. The number of ether oxygens (including phenoxy) is 1. The molecule has 3 rings (SSSR count). The SMILES string of the molecule is CN1C=C(O)C(c2nccc(OCc3ccc(F)cc3)n2)C1. The van der Waals surface area contributed by atoms with Gasteiger partial charge >= 0.3 is 0 Å². The maximum absolute atomic E-state index is 12.8. The smallest absolute Gasteiger partial charge is 0.216 e. The highest BCUT2D eigenvalue weighted by Crippen LogP contribution is 2.27. The predicted octanol–water partition coefficient (Wildman–Crippen LogP) is 2.62. The minimum Gasteiger partial charge on any atom is -0.510 e. The first-order valence-electron chi connectivity index (χ1n) is 6.93. The summed E-state index contributed by atoms with van der Waals surface area (Å²) < 4.78 is 18.5. The van der Waals surface area contributed by atoms with Crippen LogP contribution in [0.5, 0.6) is 5.88 Å². The number of aliphatic hydroxyl groups is 1. The first-order valence-corrected chi connectivity index (χ1v) is 6.93. The Balaban J connectivity index is 1.69. The number of halogens is 1. The van der Waals surface area contributed by atoms with Crippen molar-refractivity contribution in [2.75, 3.05) is 13.6 Å². The van der Waals surface area contributed by atoms with Crippen LogP contribution in [0.25, 0.3) is 0 Å². The average Bonchev–Trinajstić information content (AvgIpc) is 2.86. The molecule has 6 heteroatoms. The highest BCUT2D eigenvalue weighted by Gasteiger charge is 2.26. The molecule has 1 aliphatic heterocycles. The van der Waals surface area contributed by atoms with Crippen molar-refractivity contribution in [2.45, 2.75) is 12.5 Å². The lowest BCUT2D eigenvalue weighted by atomic mass is 10.1. The molecular formula is C16H16FN3O2. The summed E-state index contributed by atoms with van der Waals surface area (Å²) in [4.78, 5) is 10.4. The fourth-order valence-corrected chi connectivity index (χ4v) is 2.31. The predicted molar refractivity (Wildman–Crippen MR) is 78.8 cm³/mol. The summed E-state index contributed by atoms with van der Waals surface area (Å²) in [6.07, 6.45) is 3.27. The molecule has 0 spiro atoms. The first kappa shape index (κ1) is 14.3. The van der Waals surface area contributed by atoms with Gasteiger partial charge in [0.2, 0.25) is 5.88 Å². The number of hydrogen-bond acceptors (Lipinski definition) is 5. The Labute approximate surface area is 127 Å². The van der Waals surface area contributed by atoms with E-state index in [4.69, 9.17) is 4.74 Å². The molecule has 1 unspecified atom stereocenters. The molecule has 1 N–H and O–H groups in total. The van der Waals surface area contributed by atoms with E-state index >= 15 is 0 Å². The van der Waals surface area contributed by atoms with Gasteiger partial charge in [-0.05, 0) is 17.7 Å². The Morgan fingerprint density at radius 3 is 2.77 bits per heavy atom. The van der Waals surface area contributed by atoms with Crippen LogP contribution < -0.4 is 4.74 Å². The Morgan fingerprint density at radius 1 is 1.32 bits per heavy atom. The summed E-state index contributed by atoms with van der Waals surface area (Å²) in [6, 6.07) is 7.77. The highest BCUT2D eigenvalue weighted by molar-refractivity contribution is 5.22. The molecule has 5 nitrogen and oxygen atoms in total. The van der Waals surface area contributed by atoms with E-state index in [0.717, 1.165) is 5.56 Å². The van der Waals surface area contributed by atoms with E-state index in [1.165, 1.54) is 12.1 Å². The number of aromatic nitrogens is 2. The molecule has 1 atom stereocenters. The molecule has 2 aromatic rings. The monoisotopic (exact) mass is 301 g/mol. The minimum absolute atomic E-state index is 0.237. The maximum Gasteiger partial charge on any atom is 0.216 e. The van der Waals surface area contributed by atoms with Crippen LogP contribution in [-0.2, 0) is 6.61 Å². The van der Waals surface area contributed by atoms with Gasteiger partial charge in [-0.2, -0.15) is 4.98 Å². The van der Waals surface area contributed by atoms with Gasteiger partial charge in [0, 0.05) is 32.1 Å². The third kappa shape index (κ3) is 3.16. The number of aliphatic hydroxyl groups excluding tert-OH is 1. The van der Waals surface area contributed by atoms with Crippen molar-refractivity contribution in [1.82, 2.24) is 14.9 Å². The van der Waals surface area contributed by atoms with Crippen molar-refractivity contribution in [3.8, 4) is 5.88 Å². The lowest BCUT2D eigenvalue weighted by Gasteiger charge is -2.12. The van der Waals surface area contributed by atoms with Crippen LogP contribution in [0.15, 0.2) is 48.5 Å². The van der Waals surface area contributed by atoms with Gasteiger partial charge in [0.1, 0.15) is 24.0 Å². The molecule has 0 bridgehead atoms. The van der Waals surface area contributed by atoms with Crippen molar-refractivity contribution in [3.05, 3.63) is 65.7 Å². The van der Waals surface area contributed by atoms with Crippen LogP contribution in [-0.4, -0.2) is 33.6 Å². The molecule has 0 radical (unpaired) electrons. The Hall–Kier alpha value is -2.63. The Morgan fingerprint density at radius 2 is 2.09 bits per heavy atom. The molecule has 0 saturated carbocycles. The molecule has 0 saturated heterocycles. The number of nitrogens with zero attached hydrogens (tertiary/aromatic N) is 3. The van der Waals surface area contributed by atoms with Gasteiger partial charge in [0.25, 0.3) is 0 Å². The molecule has 1 aromatic heterocycles. The summed E-state index contributed by atoms with van der Waals surface area (Å²) in [7, 11) is 1.88. The zero-order valence-corrected chi connectivity index (χ0v) is 12.1. The largest absolute Gasteiger partial charge is 0.510 e. The van der Waals surface area contributed by atoms with Gasteiger partial charge in [-0.1, -0.05) is 12.1 Å². The molecule has 22 heavy (non-hydrogen) atoms. The van der Waals surface area contributed by atoms with Gasteiger partial charge in [-0.3, -0.25) is 0 Å². The number of benzene rings is 1. The third-order valence-electron chi connectivity index (χ3n) is 3.44. The zero-order valence-electron chi connectivity index (χ0n) is 12.1. The second kappa shape index (κ2) is 6.01. The Kier molecular flexibility index (Phi) is 3.91. The van der Waals surface area contributed by atoms with E-state index < -0.39 is 0 Å². The summed E-state index contributed by atoms with van der Waals surface area (Å²) in [5, 5.41) is 9.90. The number of hydrogen-bond donors (Lipinski definition) is 1. The molecule has 0 fully saturated rings. The van der Waals surface area contributed by atoms with Gasteiger partial charge in [-0.25, -0.2) is 9.37 Å². The van der Waals surface area contributed by atoms with E-state index in [-0.39, 0.29) is 17.5 Å². The Bertz CT molecular complexity index is 688. The van der Waals surface area contributed by atoms with Crippen LogP contribution in [0.3, 0.4) is 0 Å². The van der Waals surface area contributed by atoms with Crippen LogP contribution in [0.2, 0.25) is 0 Å². The van der Waals surface area contributed by atoms with Crippen LogP contribution in [0.1, 0.15) is 17.3 Å². The van der Waals surface area contributed by atoms with E-state index in [1.54, 1.807) is 30.6 Å². The molecule has 2 heterocycles. The fourth-order valence-electron chi connectivity index (χ4n) is 2.31. The summed E-state index contributed by atoms with van der Waals surface area (Å²) in [6.45, 7) is 0.927. The van der Waals surface area contributed by atoms with E-state index in [2.05, 4.69) is 9.97 Å². The number of rotatable bonds is 4. The van der Waals surface area contributed by atoms with Gasteiger partial charge < -0.3 is 14.7 Å². The lowest BCUT2D eigenvalue weighted by Crippen LogP contribution is -2.15. The second-order valence-corrected chi connectivity index (χ2v) is 5.21. The average molecular weight is 301 g/mol. The van der Waals surface area contributed by atoms with E-state index in [0.29, 0.717) is 24.9 Å². The standard InChI is InChI=1S/C16H16FN3O2/c1-20-8-13(14(21)9-20)16-18-7-6-15(19-16)22-10-11-2-4-12(17)5-3-11/h2-7,9,13,21H,8,10H2,1H3. The molecule has 0 aliphatic carbocycles. The van der Waals surface area contributed by atoms with Gasteiger partial charge in [-0.15, -0.1) is 0 Å². The second-order valence-electron chi connectivity index (χ2n) is 5.21. The quantitative estimate of drug-likeness (QED) is 0.940. The maximum atomic E-state index is 12.8. The molecule has 1 aliphatic rings. The highest BCUT2D eigenvalue weighted by atomic mass is 19.1. The van der Waals surface area contributed by atoms with Crippen LogP contribution in [0.4, 0.5) is 4.39 Å². The fraction of sp³-hybridized carbons (Fsp3) is 0.250. The topological polar surface area (TPSA) is 58.5 Å². The first-order chi connectivity index (χ1) is 10.6. The molecule has 0 amide bonds. The van der Waals surface area contributed by atoms with Crippen LogP contribution in [0, 0.1) is 5.82 Å². The van der Waals surface area contributed by atoms with Crippen molar-refractivity contribution < 1.29 is 14.2 Å². The van der Waals surface area contributed by atoms with Crippen molar-refractivity contribution in [1.29, 1.82) is 0 Å². The third-order valence-corrected chi connectivity index (χ3v) is 3.44. The van der Waals surface area contributed by atoms with Crippen molar-refractivity contribution in [3.63, 3.8) is 0 Å².